The molecule has 1 aromatic carbocycles. The molecule has 0 saturated carbocycles. The predicted molar refractivity (Wildman–Crippen MR) is 78.2 cm³/mol. The maximum absolute atomic E-state index is 11.7. The Morgan fingerprint density at radius 2 is 2.19 bits per heavy atom. The van der Waals surface area contributed by atoms with Gasteiger partial charge in [0.1, 0.15) is 5.75 Å². The number of benzene rings is 1. The number of ether oxygens (including phenoxy) is 2. The maximum atomic E-state index is 11.7. The van der Waals surface area contributed by atoms with Crippen molar-refractivity contribution >= 4 is 17.5 Å². The highest BCUT2D eigenvalue weighted by molar-refractivity contribution is 5.90. The van der Waals surface area contributed by atoms with Crippen LogP contribution in [0.2, 0.25) is 0 Å². The lowest BCUT2D eigenvalue weighted by Gasteiger charge is -2.13. The Kier molecular flexibility index (Phi) is 5.57. The molecule has 0 radical (unpaired) electrons. The molecule has 1 aromatic rings. The minimum absolute atomic E-state index is 0.0939. The summed E-state index contributed by atoms with van der Waals surface area (Å²) in [5, 5.41) is 5.44. The van der Waals surface area contributed by atoms with Gasteiger partial charge in [0.15, 0.2) is 6.61 Å². The van der Waals surface area contributed by atoms with Gasteiger partial charge in [-0.25, -0.2) is 0 Å². The van der Waals surface area contributed by atoms with Crippen molar-refractivity contribution in [2.75, 3.05) is 25.1 Å². The summed E-state index contributed by atoms with van der Waals surface area (Å²) in [6.45, 7) is 2.60. The predicted octanol–water partition coefficient (Wildman–Crippen LogP) is 1.32. The summed E-state index contributed by atoms with van der Waals surface area (Å²) in [4.78, 5) is 22.8. The molecule has 1 unspecified atom stereocenters. The zero-order valence-corrected chi connectivity index (χ0v) is 12.1. The molecule has 1 aliphatic heterocycles. The average molecular weight is 292 g/mol. The Hall–Kier alpha value is -2.08. The van der Waals surface area contributed by atoms with Gasteiger partial charge < -0.3 is 20.1 Å². The van der Waals surface area contributed by atoms with Gasteiger partial charge in [0.25, 0.3) is 5.91 Å². The zero-order valence-electron chi connectivity index (χ0n) is 12.1. The quantitative estimate of drug-likeness (QED) is 0.829. The molecule has 6 heteroatoms. The van der Waals surface area contributed by atoms with E-state index >= 15 is 0 Å². The summed E-state index contributed by atoms with van der Waals surface area (Å²) in [6.07, 6.45) is 2.13. The van der Waals surface area contributed by atoms with Gasteiger partial charge in [-0.2, -0.15) is 0 Å². The van der Waals surface area contributed by atoms with E-state index in [-0.39, 0.29) is 24.5 Å². The number of nitrogens with one attached hydrogen (secondary N) is 2. The Labute approximate surface area is 123 Å². The van der Waals surface area contributed by atoms with Gasteiger partial charge >= 0.3 is 0 Å². The topological polar surface area (TPSA) is 76.7 Å². The lowest BCUT2D eigenvalue weighted by atomic mass is 10.2. The third-order valence-corrected chi connectivity index (χ3v) is 3.11. The van der Waals surface area contributed by atoms with Crippen molar-refractivity contribution in [2.45, 2.75) is 25.9 Å². The molecule has 2 amide bonds. The van der Waals surface area contributed by atoms with E-state index in [0.29, 0.717) is 18.0 Å². The fraction of sp³-hybridized carbons (Fsp3) is 0.467. The Morgan fingerprint density at radius 3 is 2.90 bits per heavy atom. The number of anilines is 1. The van der Waals surface area contributed by atoms with Crippen molar-refractivity contribution in [1.29, 1.82) is 0 Å². The van der Waals surface area contributed by atoms with Crippen LogP contribution in [-0.4, -0.2) is 37.7 Å². The number of carbonyl (C=O) groups is 2. The number of rotatable bonds is 6. The summed E-state index contributed by atoms with van der Waals surface area (Å²) in [6, 6.07) is 7.00. The van der Waals surface area contributed by atoms with Crippen molar-refractivity contribution < 1.29 is 19.1 Å². The van der Waals surface area contributed by atoms with Crippen molar-refractivity contribution in [3.8, 4) is 5.75 Å². The summed E-state index contributed by atoms with van der Waals surface area (Å²) < 4.78 is 10.9. The van der Waals surface area contributed by atoms with E-state index < -0.39 is 0 Å². The second-order valence-electron chi connectivity index (χ2n) is 4.91. The van der Waals surface area contributed by atoms with Crippen molar-refractivity contribution in [3.63, 3.8) is 0 Å². The molecule has 0 bridgehead atoms. The fourth-order valence-corrected chi connectivity index (χ4v) is 2.11. The number of amides is 2. The second-order valence-corrected chi connectivity index (χ2v) is 4.91. The summed E-state index contributed by atoms with van der Waals surface area (Å²) in [5.74, 6) is 0.0805. The van der Waals surface area contributed by atoms with Crippen LogP contribution < -0.4 is 15.4 Å². The van der Waals surface area contributed by atoms with Gasteiger partial charge in [-0.05, 0) is 25.0 Å². The molecule has 6 nitrogen and oxygen atoms in total. The minimum Gasteiger partial charge on any atom is -0.482 e. The summed E-state index contributed by atoms with van der Waals surface area (Å²) in [5.41, 5.74) is 0.553. The van der Waals surface area contributed by atoms with Gasteiger partial charge in [0.2, 0.25) is 5.91 Å². The van der Waals surface area contributed by atoms with Gasteiger partial charge in [-0.3, -0.25) is 9.59 Å². The largest absolute Gasteiger partial charge is 0.482 e. The highest BCUT2D eigenvalue weighted by atomic mass is 16.5. The van der Waals surface area contributed by atoms with E-state index in [2.05, 4.69) is 10.6 Å². The molecule has 114 valence electrons. The van der Waals surface area contributed by atoms with Crippen LogP contribution >= 0.6 is 0 Å². The van der Waals surface area contributed by atoms with Crippen LogP contribution in [0.1, 0.15) is 19.8 Å². The first-order valence-electron chi connectivity index (χ1n) is 7.03. The molecule has 1 atom stereocenters. The van der Waals surface area contributed by atoms with Gasteiger partial charge in [-0.1, -0.05) is 12.1 Å². The van der Waals surface area contributed by atoms with Gasteiger partial charge in [0.05, 0.1) is 11.8 Å². The van der Waals surface area contributed by atoms with E-state index in [1.165, 1.54) is 6.92 Å². The van der Waals surface area contributed by atoms with Crippen molar-refractivity contribution in [2.24, 2.45) is 0 Å². The number of hydrogen-bond acceptors (Lipinski definition) is 4. The van der Waals surface area contributed by atoms with E-state index in [4.69, 9.17) is 9.47 Å². The average Bonchev–Trinajstić information content (AvgIpc) is 2.97. The SMILES string of the molecule is CC(=O)Nc1ccccc1OCC(=O)NCC1CCCO1. The monoisotopic (exact) mass is 292 g/mol. The van der Waals surface area contributed by atoms with Crippen LogP contribution in [0.25, 0.3) is 0 Å². The van der Waals surface area contributed by atoms with E-state index in [1.807, 2.05) is 0 Å². The van der Waals surface area contributed by atoms with E-state index in [1.54, 1.807) is 24.3 Å². The van der Waals surface area contributed by atoms with Crippen molar-refractivity contribution in [1.82, 2.24) is 5.32 Å². The molecule has 1 saturated heterocycles. The van der Waals surface area contributed by atoms with Crippen molar-refractivity contribution in [3.05, 3.63) is 24.3 Å². The minimum atomic E-state index is -0.205. The lowest BCUT2D eigenvalue weighted by Crippen LogP contribution is -2.35. The Bertz CT molecular complexity index is 498. The highest BCUT2D eigenvalue weighted by Gasteiger charge is 2.16. The first kappa shape index (κ1) is 15.3. The van der Waals surface area contributed by atoms with Crippen LogP contribution in [0.15, 0.2) is 24.3 Å². The first-order chi connectivity index (χ1) is 10.1. The molecule has 1 heterocycles. The van der Waals surface area contributed by atoms with E-state index in [9.17, 15) is 9.59 Å². The molecule has 2 rings (SSSR count). The normalized spacial score (nSPS) is 17.3. The molecule has 21 heavy (non-hydrogen) atoms. The van der Waals surface area contributed by atoms with Crippen LogP contribution in [-0.2, 0) is 14.3 Å². The molecule has 1 fully saturated rings. The second kappa shape index (κ2) is 7.64. The third kappa shape index (κ3) is 5.07. The Balaban J connectivity index is 1.79. The van der Waals surface area contributed by atoms with Crippen LogP contribution in [0, 0.1) is 0 Å². The van der Waals surface area contributed by atoms with E-state index in [0.717, 1.165) is 19.4 Å². The molecule has 2 N–H and O–H groups in total. The number of carbonyl (C=O) groups excluding carboxylic acids is 2. The smallest absolute Gasteiger partial charge is 0.258 e. The summed E-state index contributed by atoms with van der Waals surface area (Å²) in [7, 11) is 0. The van der Waals surface area contributed by atoms with Gasteiger partial charge in [0, 0.05) is 20.1 Å². The maximum Gasteiger partial charge on any atom is 0.258 e. The third-order valence-electron chi connectivity index (χ3n) is 3.11. The molecular formula is C15H20N2O4. The standard InChI is InChI=1S/C15H20N2O4/c1-11(18)17-13-6-2-3-7-14(13)21-10-15(19)16-9-12-5-4-8-20-12/h2-3,6-7,12H,4-5,8-10H2,1H3,(H,16,19)(H,17,18). The zero-order chi connectivity index (χ0) is 15.1. The summed E-state index contributed by atoms with van der Waals surface area (Å²) >= 11 is 0. The highest BCUT2D eigenvalue weighted by Crippen LogP contribution is 2.23. The molecule has 1 aliphatic rings. The van der Waals surface area contributed by atoms with Crippen LogP contribution in [0.5, 0.6) is 5.75 Å². The molecule has 0 spiro atoms. The first-order valence-corrected chi connectivity index (χ1v) is 7.03. The van der Waals surface area contributed by atoms with Crippen LogP contribution in [0.4, 0.5) is 5.69 Å². The number of hydrogen-bond donors (Lipinski definition) is 2. The molecular weight excluding hydrogens is 272 g/mol. The lowest BCUT2D eigenvalue weighted by molar-refractivity contribution is -0.123. The molecule has 0 aliphatic carbocycles. The fourth-order valence-electron chi connectivity index (χ4n) is 2.11. The van der Waals surface area contributed by atoms with Crippen LogP contribution in [0.3, 0.4) is 0 Å². The van der Waals surface area contributed by atoms with Gasteiger partial charge in [-0.15, -0.1) is 0 Å². The number of para-hydroxylation sites is 2. The molecule has 0 aromatic heterocycles. The Morgan fingerprint density at radius 1 is 1.38 bits per heavy atom.